The summed E-state index contributed by atoms with van der Waals surface area (Å²) in [7, 11) is 0. The van der Waals surface area contributed by atoms with Gasteiger partial charge < -0.3 is 18.9 Å². The Hall–Kier alpha value is -4.32. The van der Waals surface area contributed by atoms with Crippen LogP contribution >= 0.6 is 0 Å². The summed E-state index contributed by atoms with van der Waals surface area (Å²) in [6, 6.07) is 18.9. The van der Waals surface area contributed by atoms with E-state index >= 15 is 0 Å². The van der Waals surface area contributed by atoms with Gasteiger partial charge in [-0.05, 0) is 36.8 Å². The van der Waals surface area contributed by atoms with Gasteiger partial charge in [-0.2, -0.15) is 5.26 Å². The Bertz CT molecular complexity index is 1210. The SMILES string of the molecule is CC(=O)OC1CCN(c2ccc(-c3onc(C#N)c3NC(=O)OC(C)c3ccccc3)cc2)CC1. The number of nitrogens with one attached hydrogen (secondary N) is 1. The lowest BCUT2D eigenvalue weighted by molar-refractivity contribution is -0.147. The normalized spacial score (nSPS) is 14.6. The van der Waals surface area contributed by atoms with Gasteiger partial charge in [0.05, 0.1) is 0 Å². The molecule has 0 spiro atoms. The number of rotatable bonds is 6. The Morgan fingerprint density at radius 2 is 1.83 bits per heavy atom. The number of anilines is 2. The smallest absolute Gasteiger partial charge is 0.412 e. The molecule has 2 aromatic carbocycles. The van der Waals surface area contributed by atoms with Crippen molar-refractivity contribution in [3.63, 3.8) is 0 Å². The van der Waals surface area contributed by atoms with Crippen LogP contribution in [0, 0.1) is 11.3 Å². The van der Waals surface area contributed by atoms with Gasteiger partial charge in [0, 0.05) is 44.1 Å². The van der Waals surface area contributed by atoms with Gasteiger partial charge in [0.1, 0.15) is 24.0 Å². The third-order valence-electron chi connectivity index (χ3n) is 5.85. The number of piperidine rings is 1. The van der Waals surface area contributed by atoms with Crippen LogP contribution in [0.15, 0.2) is 59.1 Å². The van der Waals surface area contributed by atoms with Crippen molar-refractivity contribution in [3.05, 3.63) is 65.9 Å². The number of hydrogen-bond donors (Lipinski definition) is 1. The van der Waals surface area contributed by atoms with Crippen molar-refractivity contribution in [1.29, 1.82) is 5.26 Å². The average Bonchev–Trinajstić information content (AvgIpc) is 3.27. The number of ether oxygens (including phenoxy) is 2. The molecule has 1 fully saturated rings. The fraction of sp³-hybridized carbons (Fsp3) is 0.308. The number of nitrogens with zero attached hydrogens (tertiary/aromatic N) is 3. The van der Waals surface area contributed by atoms with E-state index in [9.17, 15) is 14.9 Å². The van der Waals surface area contributed by atoms with E-state index in [2.05, 4.69) is 15.4 Å². The molecule has 1 N–H and O–H groups in total. The van der Waals surface area contributed by atoms with Gasteiger partial charge in [-0.15, -0.1) is 0 Å². The van der Waals surface area contributed by atoms with Crippen molar-refractivity contribution in [2.24, 2.45) is 0 Å². The van der Waals surface area contributed by atoms with Crippen molar-refractivity contribution in [1.82, 2.24) is 5.16 Å². The highest BCUT2D eigenvalue weighted by molar-refractivity contribution is 5.91. The number of benzene rings is 2. The molecule has 1 unspecified atom stereocenters. The summed E-state index contributed by atoms with van der Waals surface area (Å²) in [6.07, 6.45) is 0.308. The lowest BCUT2D eigenvalue weighted by atomic mass is 10.1. The summed E-state index contributed by atoms with van der Waals surface area (Å²) in [6.45, 7) is 4.74. The van der Waals surface area contributed by atoms with Crippen molar-refractivity contribution in [2.45, 2.75) is 38.9 Å². The molecule has 0 aliphatic carbocycles. The van der Waals surface area contributed by atoms with Crippen LogP contribution in [0.3, 0.4) is 0 Å². The maximum atomic E-state index is 12.5. The van der Waals surface area contributed by atoms with Gasteiger partial charge in [-0.3, -0.25) is 10.1 Å². The maximum Gasteiger partial charge on any atom is 0.412 e. The minimum atomic E-state index is -0.713. The van der Waals surface area contributed by atoms with Crippen LogP contribution in [-0.2, 0) is 14.3 Å². The highest BCUT2D eigenvalue weighted by Gasteiger charge is 2.24. The van der Waals surface area contributed by atoms with E-state index in [1.54, 1.807) is 6.92 Å². The monoisotopic (exact) mass is 474 g/mol. The second-order valence-corrected chi connectivity index (χ2v) is 8.27. The van der Waals surface area contributed by atoms with E-state index in [1.807, 2.05) is 60.7 Å². The van der Waals surface area contributed by atoms with Crippen LogP contribution in [0.4, 0.5) is 16.2 Å². The van der Waals surface area contributed by atoms with Crippen LogP contribution in [0.1, 0.15) is 44.1 Å². The number of carbonyl (C=O) groups excluding carboxylic acids is 2. The predicted octanol–water partition coefficient (Wildman–Crippen LogP) is 5.05. The highest BCUT2D eigenvalue weighted by Crippen LogP contribution is 2.33. The average molecular weight is 475 g/mol. The molecule has 9 nitrogen and oxygen atoms in total. The summed E-state index contributed by atoms with van der Waals surface area (Å²) in [5, 5.41) is 15.8. The molecule has 4 rings (SSSR count). The van der Waals surface area contributed by atoms with Crippen molar-refractivity contribution >= 4 is 23.4 Å². The summed E-state index contributed by atoms with van der Waals surface area (Å²) in [4.78, 5) is 25.9. The molecular formula is C26H26N4O5. The van der Waals surface area contributed by atoms with E-state index in [-0.39, 0.29) is 29.2 Å². The minimum absolute atomic E-state index is 0.0408. The first-order valence-corrected chi connectivity index (χ1v) is 11.4. The van der Waals surface area contributed by atoms with E-state index in [0.29, 0.717) is 5.56 Å². The molecule has 3 aromatic rings. The van der Waals surface area contributed by atoms with E-state index < -0.39 is 12.2 Å². The summed E-state index contributed by atoms with van der Waals surface area (Å²) in [5.41, 5.74) is 2.64. The molecule has 1 amide bonds. The second kappa shape index (κ2) is 10.7. The standard InChI is InChI=1S/C26H26N4O5/c1-17(19-6-4-3-5-7-19)33-26(32)28-24-23(16-27)29-35-25(24)20-8-10-21(11-9-20)30-14-12-22(13-15-30)34-18(2)31/h3-11,17,22H,12-15H2,1-2H3,(H,28,32). The number of aromatic nitrogens is 1. The van der Waals surface area contributed by atoms with Gasteiger partial charge in [-0.25, -0.2) is 4.79 Å². The molecule has 0 saturated carbocycles. The van der Waals surface area contributed by atoms with Crippen LogP contribution in [0.5, 0.6) is 0 Å². The first kappa shape index (κ1) is 23.8. The van der Waals surface area contributed by atoms with E-state index in [0.717, 1.165) is 37.2 Å². The molecule has 1 aromatic heterocycles. The second-order valence-electron chi connectivity index (χ2n) is 8.27. The fourth-order valence-corrected chi connectivity index (χ4v) is 4.05. The van der Waals surface area contributed by atoms with Crippen molar-refractivity contribution < 1.29 is 23.6 Å². The van der Waals surface area contributed by atoms with Crippen molar-refractivity contribution in [2.75, 3.05) is 23.3 Å². The van der Waals surface area contributed by atoms with Gasteiger partial charge >= 0.3 is 12.1 Å². The van der Waals surface area contributed by atoms with Gasteiger partial charge in [0.25, 0.3) is 0 Å². The summed E-state index contributed by atoms with van der Waals surface area (Å²) in [5.74, 6) is 0.0189. The topological polar surface area (TPSA) is 118 Å². The lowest BCUT2D eigenvalue weighted by Gasteiger charge is -2.33. The summed E-state index contributed by atoms with van der Waals surface area (Å²) >= 11 is 0. The Morgan fingerprint density at radius 1 is 1.14 bits per heavy atom. The molecule has 180 valence electrons. The third kappa shape index (κ3) is 5.79. The van der Waals surface area contributed by atoms with E-state index in [1.165, 1.54) is 6.92 Å². The van der Waals surface area contributed by atoms with Crippen molar-refractivity contribution in [3.8, 4) is 17.4 Å². The first-order valence-electron chi connectivity index (χ1n) is 11.4. The van der Waals surface area contributed by atoms with E-state index in [4.69, 9.17) is 14.0 Å². The lowest BCUT2D eigenvalue weighted by Crippen LogP contribution is -2.37. The van der Waals surface area contributed by atoms with Gasteiger partial charge in [0.15, 0.2) is 5.76 Å². The van der Waals surface area contributed by atoms with Gasteiger partial charge in [-0.1, -0.05) is 35.5 Å². The van der Waals surface area contributed by atoms with Gasteiger partial charge in [0.2, 0.25) is 5.69 Å². The maximum absolute atomic E-state index is 12.5. The molecule has 0 bridgehead atoms. The number of amides is 1. The zero-order valence-corrected chi connectivity index (χ0v) is 19.6. The molecule has 1 aliphatic heterocycles. The molecule has 0 radical (unpaired) electrons. The molecule has 2 heterocycles. The minimum Gasteiger partial charge on any atom is -0.462 e. The number of esters is 1. The van der Waals surface area contributed by atoms with Crippen LogP contribution < -0.4 is 10.2 Å². The molecular weight excluding hydrogens is 448 g/mol. The van der Waals surface area contributed by atoms with Crippen LogP contribution in [-0.4, -0.2) is 36.4 Å². The Morgan fingerprint density at radius 3 is 2.46 bits per heavy atom. The summed E-state index contributed by atoms with van der Waals surface area (Å²) < 4.78 is 16.2. The fourth-order valence-electron chi connectivity index (χ4n) is 4.05. The Labute approximate surface area is 203 Å². The highest BCUT2D eigenvalue weighted by atomic mass is 16.6. The molecule has 1 saturated heterocycles. The number of nitriles is 1. The number of carbonyl (C=O) groups is 2. The Kier molecular flexibility index (Phi) is 7.31. The largest absolute Gasteiger partial charge is 0.462 e. The zero-order chi connectivity index (χ0) is 24.8. The molecule has 1 atom stereocenters. The predicted molar refractivity (Wildman–Crippen MR) is 129 cm³/mol. The molecule has 9 heteroatoms. The first-order chi connectivity index (χ1) is 16.9. The molecule has 1 aliphatic rings. The number of hydrogen-bond acceptors (Lipinski definition) is 8. The Balaban J connectivity index is 1.44. The quantitative estimate of drug-likeness (QED) is 0.493. The van der Waals surface area contributed by atoms with Crippen LogP contribution in [0.2, 0.25) is 0 Å². The third-order valence-corrected chi connectivity index (χ3v) is 5.85. The van der Waals surface area contributed by atoms with Crippen LogP contribution in [0.25, 0.3) is 11.3 Å². The molecule has 35 heavy (non-hydrogen) atoms. The zero-order valence-electron chi connectivity index (χ0n) is 19.6.